The van der Waals surface area contributed by atoms with Gasteiger partial charge in [0.25, 0.3) is 5.79 Å². The monoisotopic (exact) mass is 365 g/mol. The third kappa shape index (κ3) is 2.97. The van der Waals surface area contributed by atoms with E-state index < -0.39 is 17.7 Å². The maximum atomic E-state index is 12.6. The highest BCUT2D eigenvalue weighted by Gasteiger charge is 2.46. The second kappa shape index (κ2) is 6.72. The van der Waals surface area contributed by atoms with Crippen LogP contribution < -0.4 is 0 Å². The van der Waals surface area contributed by atoms with Crippen LogP contribution in [0.2, 0.25) is 0 Å². The van der Waals surface area contributed by atoms with E-state index in [9.17, 15) is 9.59 Å². The predicted molar refractivity (Wildman–Crippen MR) is 103 cm³/mol. The molecule has 27 heavy (non-hydrogen) atoms. The van der Waals surface area contributed by atoms with Crippen molar-refractivity contribution < 1.29 is 19.1 Å². The summed E-state index contributed by atoms with van der Waals surface area (Å²) >= 11 is 0. The summed E-state index contributed by atoms with van der Waals surface area (Å²) in [6.07, 6.45) is 7.46. The lowest BCUT2D eigenvalue weighted by atomic mass is 9.93. The number of ether oxygens (including phenoxy) is 2. The third-order valence-corrected chi connectivity index (χ3v) is 5.49. The van der Waals surface area contributed by atoms with Crippen molar-refractivity contribution >= 4 is 28.9 Å². The van der Waals surface area contributed by atoms with Crippen LogP contribution in [0.15, 0.2) is 42.5 Å². The molecule has 2 heterocycles. The Balaban J connectivity index is 1.76. The van der Waals surface area contributed by atoms with Crippen LogP contribution in [0.1, 0.15) is 43.4 Å². The van der Waals surface area contributed by atoms with Gasteiger partial charge in [-0.15, -0.1) is 6.58 Å². The highest BCUT2D eigenvalue weighted by Crippen LogP contribution is 2.38. The van der Waals surface area contributed by atoms with E-state index in [0.717, 1.165) is 41.4 Å². The van der Waals surface area contributed by atoms with E-state index in [-0.39, 0.29) is 5.57 Å². The third-order valence-electron chi connectivity index (χ3n) is 5.49. The van der Waals surface area contributed by atoms with Crippen molar-refractivity contribution in [3.63, 3.8) is 0 Å². The lowest BCUT2D eigenvalue weighted by Crippen LogP contribution is -2.47. The summed E-state index contributed by atoms with van der Waals surface area (Å²) in [6.45, 7) is 6.43. The second-order valence-electron chi connectivity index (χ2n) is 7.22. The number of para-hydroxylation sites is 1. The van der Waals surface area contributed by atoms with E-state index >= 15 is 0 Å². The Morgan fingerprint density at radius 1 is 1.11 bits per heavy atom. The molecule has 1 saturated carbocycles. The van der Waals surface area contributed by atoms with Gasteiger partial charge < -0.3 is 14.0 Å². The van der Waals surface area contributed by atoms with Crippen molar-refractivity contribution in [1.82, 2.24) is 4.57 Å². The molecule has 1 aromatic heterocycles. The van der Waals surface area contributed by atoms with E-state index in [1.54, 1.807) is 6.08 Å². The molecule has 5 heteroatoms. The minimum Gasteiger partial charge on any atom is -0.419 e. The first-order valence-corrected chi connectivity index (χ1v) is 9.42. The number of rotatable bonds is 3. The van der Waals surface area contributed by atoms with E-state index in [4.69, 9.17) is 9.47 Å². The van der Waals surface area contributed by atoms with Crippen LogP contribution in [-0.4, -0.2) is 22.3 Å². The fourth-order valence-corrected chi connectivity index (χ4v) is 4.11. The minimum atomic E-state index is -1.06. The van der Waals surface area contributed by atoms with Crippen molar-refractivity contribution in [2.75, 3.05) is 0 Å². The number of esters is 2. The van der Waals surface area contributed by atoms with E-state index in [1.165, 1.54) is 0 Å². The average molecular weight is 365 g/mol. The Kier molecular flexibility index (Phi) is 4.38. The number of hydrogen-bond acceptors (Lipinski definition) is 4. The molecular formula is C22H23NO4. The van der Waals surface area contributed by atoms with Gasteiger partial charge in [-0.3, -0.25) is 0 Å². The van der Waals surface area contributed by atoms with Crippen LogP contribution in [0.5, 0.6) is 0 Å². The van der Waals surface area contributed by atoms with Crippen LogP contribution in [0.4, 0.5) is 0 Å². The molecule has 4 rings (SSSR count). The van der Waals surface area contributed by atoms with E-state index in [0.29, 0.717) is 19.4 Å². The van der Waals surface area contributed by atoms with Gasteiger partial charge in [0, 0.05) is 41.5 Å². The average Bonchev–Trinajstić information content (AvgIpc) is 2.91. The topological polar surface area (TPSA) is 57.5 Å². The van der Waals surface area contributed by atoms with Crippen molar-refractivity contribution in [2.45, 2.75) is 51.4 Å². The Hall–Kier alpha value is -2.82. The molecule has 1 aliphatic heterocycles. The molecule has 0 bridgehead atoms. The summed E-state index contributed by atoms with van der Waals surface area (Å²) in [4.78, 5) is 25.3. The Labute approximate surface area is 158 Å². The maximum Gasteiger partial charge on any atom is 0.348 e. The van der Waals surface area contributed by atoms with Crippen molar-refractivity contribution in [2.24, 2.45) is 0 Å². The fourth-order valence-electron chi connectivity index (χ4n) is 4.11. The molecule has 2 aliphatic rings. The number of hydrogen-bond donors (Lipinski definition) is 0. The molecule has 5 nitrogen and oxygen atoms in total. The van der Waals surface area contributed by atoms with Gasteiger partial charge in [0.15, 0.2) is 0 Å². The normalized spacial score (nSPS) is 19.1. The number of nitrogens with zero attached hydrogens (tertiary/aromatic N) is 1. The summed E-state index contributed by atoms with van der Waals surface area (Å²) in [5.41, 5.74) is 2.77. The van der Waals surface area contributed by atoms with Gasteiger partial charge in [-0.25, -0.2) is 9.59 Å². The van der Waals surface area contributed by atoms with Gasteiger partial charge in [0.1, 0.15) is 5.57 Å². The van der Waals surface area contributed by atoms with Crippen LogP contribution in [-0.2, 0) is 25.6 Å². The van der Waals surface area contributed by atoms with Crippen LogP contribution in [0.3, 0.4) is 0 Å². The van der Waals surface area contributed by atoms with Crippen LogP contribution in [0.25, 0.3) is 17.0 Å². The largest absolute Gasteiger partial charge is 0.419 e. The number of aromatic nitrogens is 1. The number of benzene rings is 1. The minimum absolute atomic E-state index is 0.0456. The Morgan fingerprint density at radius 2 is 1.78 bits per heavy atom. The van der Waals surface area contributed by atoms with Crippen LogP contribution in [0, 0.1) is 6.92 Å². The second-order valence-corrected chi connectivity index (χ2v) is 7.22. The highest BCUT2D eigenvalue weighted by atomic mass is 16.7. The summed E-state index contributed by atoms with van der Waals surface area (Å²) in [5, 5.41) is 0.975. The summed E-state index contributed by atoms with van der Waals surface area (Å²) in [5.74, 6) is -2.24. The van der Waals surface area contributed by atoms with E-state index in [2.05, 4.69) is 11.1 Å². The van der Waals surface area contributed by atoms with Crippen molar-refractivity contribution in [3.8, 4) is 0 Å². The molecule has 140 valence electrons. The first kappa shape index (κ1) is 17.6. The number of allylic oxidation sites excluding steroid dienone is 1. The molecule has 2 aromatic rings. The van der Waals surface area contributed by atoms with Gasteiger partial charge in [0.2, 0.25) is 0 Å². The summed E-state index contributed by atoms with van der Waals surface area (Å²) < 4.78 is 13.3. The molecule has 0 unspecified atom stereocenters. The quantitative estimate of drug-likeness (QED) is 0.353. The van der Waals surface area contributed by atoms with Gasteiger partial charge in [0.05, 0.1) is 0 Å². The molecule has 1 spiro atoms. The number of carbonyl (C=O) groups excluding carboxylic acids is 2. The standard InChI is InChI=1S/C22H23NO4/c1-3-13-23-15(2)17(16-9-5-6-10-19(16)23)14-18-20(24)26-22(27-21(18)25)11-7-4-8-12-22/h3,5-6,9-10,14H,1,4,7-8,11-13H2,2H3. The first-order valence-electron chi connectivity index (χ1n) is 9.42. The molecule has 0 amide bonds. The molecular weight excluding hydrogens is 342 g/mol. The van der Waals surface area contributed by atoms with Gasteiger partial charge in [-0.1, -0.05) is 30.7 Å². The molecule has 2 fully saturated rings. The van der Waals surface area contributed by atoms with Crippen molar-refractivity contribution in [1.29, 1.82) is 0 Å². The summed E-state index contributed by atoms with van der Waals surface area (Å²) in [7, 11) is 0. The zero-order valence-electron chi connectivity index (χ0n) is 15.5. The zero-order chi connectivity index (χ0) is 19.0. The molecule has 0 N–H and O–H groups in total. The van der Waals surface area contributed by atoms with Gasteiger partial charge >= 0.3 is 11.9 Å². The lowest BCUT2D eigenvalue weighted by molar-refractivity contribution is -0.244. The lowest BCUT2D eigenvalue weighted by Gasteiger charge is -2.38. The SMILES string of the molecule is C=CCn1c(C)c(C=C2C(=O)OC3(CCCCC3)OC2=O)c2ccccc21. The van der Waals surface area contributed by atoms with Crippen molar-refractivity contribution in [3.05, 3.63) is 53.8 Å². The first-order chi connectivity index (χ1) is 13.0. The highest BCUT2D eigenvalue weighted by molar-refractivity contribution is 6.19. The van der Waals surface area contributed by atoms with Crippen LogP contribution >= 0.6 is 0 Å². The number of carbonyl (C=O) groups is 2. The zero-order valence-corrected chi connectivity index (χ0v) is 15.5. The maximum absolute atomic E-state index is 12.6. The number of fused-ring (bicyclic) bond motifs is 1. The molecule has 0 atom stereocenters. The Bertz CT molecular complexity index is 938. The molecule has 0 radical (unpaired) electrons. The van der Waals surface area contributed by atoms with Gasteiger partial charge in [-0.2, -0.15) is 0 Å². The molecule has 1 saturated heterocycles. The van der Waals surface area contributed by atoms with Gasteiger partial charge in [-0.05, 0) is 31.9 Å². The summed E-state index contributed by atoms with van der Waals surface area (Å²) in [6, 6.07) is 7.91. The smallest absolute Gasteiger partial charge is 0.348 e. The molecule has 1 aromatic carbocycles. The fraction of sp³-hybridized carbons (Fsp3) is 0.364. The Morgan fingerprint density at radius 3 is 2.44 bits per heavy atom. The predicted octanol–water partition coefficient (Wildman–Crippen LogP) is 4.28. The van der Waals surface area contributed by atoms with E-state index in [1.807, 2.05) is 37.3 Å². The molecule has 1 aliphatic carbocycles.